The van der Waals surface area contributed by atoms with Crippen LogP contribution in [0.4, 0.5) is 5.69 Å². The molecule has 12 heavy (non-hydrogen) atoms. The Bertz CT molecular complexity index is 254. The Morgan fingerprint density at radius 2 is 1.92 bits per heavy atom. The van der Waals surface area contributed by atoms with Gasteiger partial charge in [0.2, 0.25) is 0 Å². The Morgan fingerprint density at radius 1 is 1.25 bits per heavy atom. The van der Waals surface area contributed by atoms with Gasteiger partial charge in [-0.15, -0.1) is 11.8 Å². The molecular weight excluding hydrogens is 168 g/mol. The molecule has 0 amide bonds. The number of nitrogen functional groups attached to an aromatic ring is 1. The summed E-state index contributed by atoms with van der Waals surface area (Å²) in [6, 6.07) is 8.23. The molecule has 64 valence electrons. The lowest BCUT2D eigenvalue weighted by Crippen LogP contribution is -2.05. The molecule has 3 N–H and O–H groups in total. The van der Waals surface area contributed by atoms with Crippen LogP contribution in [-0.2, 0) is 0 Å². The van der Waals surface area contributed by atoms with Gasteiger partial charge in [0.05, 0.1) is 0 Å². The van der Waals surface area contributed by atoms with E-state index in [1.165, 1.54) is 17.7 Å². The standard InChI is InChI=1S/C9H12N2S/c10-11-7-1-3-8(4-2-7)12-9-5-6-9/h1-4,9,11H,5-6,10H2. The summed E-state index contributed by atoms with van der Waals surface area (Å²) in [5, 5.41) is 0.877. The van der Waals surface area contributed by atoms with Gasteiger partial charge in [-0.2, -0.15) is 0 Å². The van der Waals surface area contributed by atoms with Gasteiger partial charge in [-0.1, -0.05) is 0 Å². The third-order valence-electron chi connectivity index (χ3n) is 1.85. The molecule has 1 aromatic rings. The van der Waals surface area contributed by atoms with E-state index in [4.69, 9.17) is 5.84 Å². The number of benzene rings is 1. The zero-order valence-corrected chi connectivity index (χ0v) is 7.60. The Labute approximate surface area is 76.5 Å². The summed E-state index contributed by atoms with van der Waals surface area (Å²) in [4.78, 5) is 1.34. The summed E-state index contributed by atoms with van der Waals surface area (Å²) >= 11 is 1.96. The fraction of sp³-hybridized carbons (Fsp3) is 0.333. The van der Waals surface area contributed by atoms with E-state index >= 15 is 0 Å². The van der Waals surface area contributed by atoms with E-state index in [0.717, 1.165) is 10.9 Å². The van der Waals surface area contributed by atoms with Gasteiger partial charge >= 0.3 is 0 Å². The first-order valence-corrected chi connectivity index (χ1v) is 5.00. The molecule has 0 heterocycles. The van der Waals surface area contributed by atoms with Gasteiger partial charge in [0.25, 0.3) is 0 Å². The molecule has 2 nitrogen and oxygen atoms in total. The molecule has 0 atom stereocenters. The first-order valence-electron chi connectivity index (χ1n) is 4.12. The topological polar surface area (TPSA) is 38.0 Å². The largest absolute Gasteiger partial charge is 0.324 e. The Hall–Kier alpha value is -0.670. The van der Waals surface area contributed by atoms with Crippen LogP contribution in [-0.4, -0.2) is 5.25 Å². The van der Waals surface area contributed by atoms with Gasteiger partial charge in [0, 0.05) is 15.8 Å². The molecule has 1 saturated carbocycles. The lowest BCUT2D eigenvalue weighted by Gasteiger charge is -2.01. The molecular formula is C9H12N2S. The number of hydrogen-bond acceptors (Lipinski definition) is 3. The van der Waals surface area contributed by atoms with Crippen molar-refractivity contribution in [1.29, 1.82) is 0 Å². The van der Waals surface area contributed by atoms with Crippen LogP contribution in [0.25, 0.3) is 0 Å². The maximum atomic E-state index is 5.26. The number of hydrogen-bond donors (Lipinski definition) is 2. The van der Waals surface area contributed by atoms with Crippen molar-refractivity contribution in [1.82, 2.24) is 0 Å². The van der Waals surface area contributed by atoms with Crippen LogP contribution in [0.2, 0.25) is 0 Å². The van der Waals surface area contributed by atoms with Crippen LogP contribution in [0.15, 0.2) is 29.2 Å². The normalized spacial score (nSPS) is 16.1. The van der Waals surface area contributed by atoms with Crippen LogP contribution in [0.1, 0.15) is 12.8 Å². The number of nitrogens with one attached hydrogen (secondary N) is 1. The molecule has 3 heteroatoms. The van der Waals surface area contributed by atoms with E-state index in [-0.39, 0.29) is 0 Å². The molecule has 1 aliphatic carbocycles. The van der Waals surface area contributed by atoms with Crippen LogP contribution < -0.4 is 11.3 Å². The summed E-state index contributed by atoms with van der Waals surface area (Å²) in [6.45, 7) is 0. The van der Waals surface area contributed by atoms with Crippen molar-refractivity contribution >= 4 is 17.4 Å². The molecule has 1 aromatic carbocycles. The molecule has 0 unspecified atom stereocenters. The summed E-state index contributed by atoms with van der Waals surface area (Å²) < 4.78 is 0. The lowest BCUT2D eigenvalue weighted by molar-refractivity contribution is 1.33. The highest BCUT2D eigenvalue weighted by Gasteiger charge is 2.22. The van der Waals surface area contributed by atoms with Crippen molar-refractivity contribution < 1.29 is 0 Å². The number of rotatable bonds is 3. The minimum atomic E-state index is 0.877. The van der Waals surface area contributed by atoms with Gasteiger partial charge in [0.15, 0.2) is 0 Å². The molecule has 0 bridgehead atoms. The second-order valence-corrected chi connectivity index (χ2v) is 4.36. The summed E-state index contributed by atoms with van der Waals surface area (Å²) in [7, 11) is 0. The first kappa shape index (κ1) is 7.95. The SMILES string of the molecule is NNc1ccc(SC2CC2)cc1. The molecule has 0 aromatic heterocycles. The van der Waals surface area contributed by atoms with Crippen LogP contribution in [0, 0.1) is 0 Å². The van der Waals surface area contributed by atoms with Crippen molar-refractivity contribution in [2.75, 3.05) is 5.43 Å². The van der Waals surface area contributed by atoms with E-state index in [1.807, 2.05) is 23.9 Å². The Kier molecular flexibility index (Phi) is 2.23. The van der Waals surface area contributed by atoms with Crippen molar-refractivity contribution in [3.05, 3.63) is 24.3 Å². The first-order chi connectivity index (χ1) is 5.88. The van der Waals surface area contributed by atoms with E-state index in [2.05, 4.69) is 17.6 Å². The van der Waals surface area contributed by atoms with Crippen molar-refractivity contribution in [2.24, 2.45) is 5.84 Å². The monoisotopic (exact) mass is 180 g/mol. The molecule has 0 radical (unpaired) electrons. The van der Waals surface area contributed by atoms with Gasteiger partial charge in [-0.05, 0) is 37.1 Å². The van der Waals surface area contributed by atoms with E-state index < -0.39 is 0 Å². The number of anilines is 1. The maximum Gasteiger partial charge on any atom is 0.0485 e. The second kappa shape index (κ2) is 3.37. The zero-order valence-electron chi connectivity index (χ0n) is 6.79. The molecule has 0 spiro atoms. The molecule has 0 saturated heterocycles. The van der Waals surface area contributed by atoms with E-state index in [9.17, 15) is 0 Å². The maximum absolute atomic E-state index is 5.26. The minimum absolute atomic E-state index is 0.877. The summed E-state index contributed by atoms with van der Waals surface area (Å²) in [6.07, 6.45) is 2.75. The molecule has 0 aliphatic heterocycles. The van der Waals surface area contributed by atoms with E-state index in [1.54, 1.807) is 0 Å². The number of hydrazine groups is 1. The Morgan fingerprint density at radius 3 is 2.42 bits per heavy atom. The van der Waals surface area contributed by atoms with Crippen LogP contribution >= 0.6 is 11.8 Å². The third kappa shape index (κ3) is 1.93. The van der Waals surface area contributed by atoms with Crippen molar-refractivity contribution in [3.63, 3.8) is 0 Å². The van der Waals surface area contributed by atoms with Crippen molar-refractivity contribution in [2.45, 2.75) is 23.0 Å². The summed E-state index contributed by atoms with van der Waals surface area (Å²) in [5.74, 6) is 5.26. The van der Waals surface area contributed by atoms with Gasteiger partial charge in [-0.25, -0.2) is 0 Å². The number of thioether (sulfide) groups is 1. The Balaban J connectivity index is 2.02. The lowest BCUT2D eigenvalue weighted by atomic mass is 10.3. The minimum Gasteiger partial charge on any atom is -0.324 e. The predicted molar refractivity (Wildman–Crippen MR) is 53.1 cm³/mol. The average molecular weight is 180 g/mol. The molecule has 1 fully saturated rings. The molecule has 2 rings (SSSR count). The highest BCUT2D eigenvalue weighted by molar-refractivity contribution is 8.00. The smallest absolute Gasteiger partial charge is 0.0485 e. The van der Waals surface area contributed by atoms with Gasteiger partial charge in [-0.3, -0.25) is 5.84 Å². The molecule has 1 aliphatic rings. The van der Waals surface area contributed by atoms with Gasteiger partial charge < -0.3 is 5.43 Å². The summed E-state index contributed by atoms with van der Waals surface area (Å²) in [5.41, 5.74) is 3.58. The zero-order chi connectivity index (χ0) is 8.39. The third-order valence-corrected chi connectivity index (χ3v) is 3.20. The highest BCUT2D eigenvalue weighted by atomic mass is 32.2. The average Bonchev–Trinajstić information content (AvgIpc) is 2.90. The van der Waals surface area contributed by atoms with Crippen LogP contribution in [0.5, 0.6) is 0 Å². The predicted octanol–water partition coefficient (Wildman–Crippen LogP) is 2.23. The second-order valence-electron chi connectivity index (χ2n) is 2.99. The quantitative estimate of drug-likeness (QED) is 0.553. The van der Waals surface area contributed by atoms with Gasteiger partial charge in [0.1, 0.15) is 0 Å². The highest BCUT2D eigenvalue weighted by Crippen LogP contribution is 2.39. The van der Waals surface area contributed by atoms with Crippen LogP contribution in [0.3, 0.4) is 0 Å². The fourth-order valence-electron chi connectivity index (χ4n) is 1.01. The number of nitrogens with two attached hydrogens (primary N) is 1. The van der Waals surface area contributed by atoms with E-state index in [0.29, 0.717) is 0 Å². The fourth-order valence-corrected chi connectivity index (χ4v) is 2.06. The van der Waals surface area contributed by atoms with Crippen molar-refractivity contribution in [3.8, 4) is 0 Å².